The van der Waals surface area contributed by atoms with Crippen molar-refractivity contribution in [3.05, 3.63) is 108 Å². The van der Waals surface area contributed by atoms with Crippen molar-refractivity contribution < 1.29 is 19.0 Å². The van der Waals surface area contributed by atoms with Gasteiger partial charge in [0.25, 0.3) is 0 Å². The Balaban J connectivity index is 1.53. The lowest BCUT2D eigenvalue weighted by atomic mass is 10.1. The van der Waals surface area contributed by atoms with Crippen LogP contribution in [-0.2, 0) is 38.7 Å². The van der Waals surface area contributed by atoms with Gasteiger partial charge in [-0.05, 0) is 23.1 Å². The van der Waals surface area contributed by atoms with Crippen molar-refractivity contribution >= 4 is 5.97 Å². The number of ether oxygens (including phenoxy) is 3. The van der Waals surface area contributed by atoms with Gasteiger partial charge in [-0.25, -0.2) is 0 Å². The summed E-state index contributed by atoms with van der Waals surface area (Å²) in [7, 11) is 0. The summed E-state index contributed by atoms with van der Waals surface area (Å²) >= 11 is 0. The van der Waals surface area contributed by atoms with Crippen molar-refractivity contribution in [1.29, 1.82) is 0 Å². The molecular weight excluding hydrogens is 414 g/mol. The first-order chi connectivity index (χ1) is 16.3. The quantitative estimate of drug-likeness (QED) is 0.391. The van der Waals surface area contributed by atoms with Gasteiger partial charge >= 0.3 is 5.97 Å². The summed E-state index contributed by atoms with van der Waals surface area (Å²) < 4.78 is 17.1. The van der Waals surface area contributed by atoms with E-state index >= 15 is 0 Å². The lowest BCUT2D eigenvalue weighted by Crippen LogP contribution is -2.42. The minimum Gasteiger partial charge on any atom is -0.460 e. The Morgan fingerprint density at radius 1 is 0.788 bits per heavy atom. The molecule has 0 aliphatic carbocycles. The number of nitrogens with zero attached hydrogens (tertiary/aromatic N) is 1. The summed E-state index contributed by atoms with van der Waals surface area (Å²) in [6.45, 7) is 2.76. The van der Waals surface area contributed by atoms with Gasteiger partial charge in [0.05, 0.1) is 13.2 Å². The van der Waals surface area contributed by atoms with Crippen LogP contribution in [0.1, 0.15) is 29.5 Å². The van der Waals surface area contributed by atoms with Crippen LogP contribution in [0, 0.1) is 0 Å². The lowest BCUT2D eigenvalue weighted by molar-refractivity contribution is -0.153. The number of hydrogen-bond donors (Lipinski definition) is 0. The topological polar surface area (TPSA) is 48.0 Å². The fraction of sp³-hybridized carbons (Fsp3) is 0.321. The van der Waals surface area contributed by atoms with Gasteiger partial charge in [0, 0.05) is 19.5 Å². The SMILES string of the molecule is O=C(OCc1ccccc1)[C@H](CCC1OCCO1)N(Cc1ccccc1)Cc1ccccc1. The second-order valence-electron chi connectivity index (χ2n) is 8.23. The zero-order valence-electron chi connectivity index (χ0n) is 18.8. The first-order valence-corrected chi connectivity index (χ1v) is 11.5. The molecule has 4 rings (SSSR count). The van der Waals surface area contributed by atoms with E-state index < -0.39 is 6.04 Å². The molecule has 5 nitrogen and oxygen atoms in total. The van der Waals surface area contributed by atoms with E-state index in [1.807, 2.05) is 66.7 Å². The number of esters is 1. The maximum absolute atomic E-state index is 13.4. The second-order valence-corrected chi connectivity index (χ2v) is 8.23. The molecule has 0 amide bonds. The molecule has 0 bridgehead atoms. The molecule has 3 aromatic rings. The predicted molar refractivity (Wildman–Crippen MR) is 127 cm³/mol. The van der Waals surface area contributed by atoms with Crippen LogP contribution in [0.2, 0.25) is 0 Å². The van der Waals surface area contributed by atoms with Crippen molar-refractivity contribution in [3.63, 3.8) is 0 Å². The van der Waals surface area contributed by atoms with E-state index in [9.17, 15) is 4.79 Å². The summed E-state index contributed by atoms with van der Waals surface area (Å²) in [5.41, 5.74) is 3.29. The number of benzene rings is 3. The fourth-order valence-corrected chi connectivity index (χ4v) is 4.05. The van der Waals surface area contributed by atoms with E-state index in [0.29, 0.717) is 39.1 Å². The summed E-state index contributed by atoms with van der Waals surface area (Å²) in [5.74, 6) is -0.219. The average molecular weight is 446 g/mol. The zero-order chi connectivity index (χ0) is 22.7. The monoisotopic (exact) mass is 445 g/mol. The van der Waals surface area contributed by atoms with E-state index in [-0.39, 0.29) is 18.9 Å². The molecule has 0 unspecified atom stereocenters. The average Bonchev–Trinajstić information content (AvgIpc) is 3.38. The smallest absolute Gasteiger partial charge is 0.323 e. The van der Waals surface area contributed by atoms with Gasteiger partial charge in [0.2, 0.25) is 0 Å². The number of rotatable bonds is 11. The van der Waals surface area contributed by atoms with Crippen molar-refractivity contribution in [1.82, 2.24) is 4.90 Å². The van der Waals surface area contributed by atoms with E-state index in [1.165, 1.54) is 0 Å². The van der Waals surface area contributed by atoms with Crippen LogP contribution in [0.25, 0.3) is 0 Å². The number of carbonyl (C=O) groups excluding carboxylic acids is 1. The summed E-state index contributed by atoms with van der Waals surface area (Å²) in [5, 5.41) is 0. The highest BCUT2D eigenvalue weighted by atomic mass is 16.7. The van der Waals surface area contributed by atoms with E-state index in [1.54, 1.807) is 0 Å². The summed E-state index contributed by atoms with van der Waals surface area (Å²) in [4.78, 5) is 15.6. The Morgan fingerprint density at radius 2 is 1.27 bits per heavy atom. The Kier molecular flexibility index (Phi) is 8.64. The third-order valence-electron chi connectivity index (χ3n) is 5.76. The summed E-state index contributed by atoms with van der Waals surface area (Å²) in [6, 6.07) is 29.9. The van der Waals surface area contributed by atoms with Crippen molar-refractivity contribution in [2.24, 2.45) is 0 Å². The van der Waals surface area contributed by atoms with Crippen LogP contribution >= 0.6 is 0 Å². The Bertz CT molecular complexity index is 917. The Hall–Kier alpha value is -2.99. The molecule has 0 N–H and O–H groups in total. The lowest BCUT2D eigenvalue weighted by Gasteiger charge is -2.31. The van der Waals surface area contributed by atoms with Crippen molar-refractivity contribution in [2.75, 3.05) is 13.2 Å². The first kappa shape index (κ1) is 23.2. The van der Waals surface area contributed by atoms with Crippen molar-refractivity contribution in [3.8, 4) is 0 Å². The summed E-state index contributed by atoms with van der Waals surface area (Å²) in [6.07, 6.45) is 0.980. The van der Waals surface area contributed by atoms with E-state index in [2.05, 4.69) is 29.2 Å². The molecule has 0 radical (unpaired) electrons. The van der Waals surface area contributed by atoms with Crippen LogP contribution in [0.15, 0.2) is 91.0 Å². The van der Waals surface area contributed by atoms with Gasteiger partial charge in [-0.2, -0.15) is 0 Å². The second kappa shape index (κ2) is 12.3. The highest BCUT2D eigenvalue weighted by molar-refractivity contribution is 5.75. The minimum absolute atomic E-state index is 0.219. The van der Waals surface area contributed by atoms with Crippen LogP contribution in [0.5, 0.6) is 0 Å². The number of carbonyl (C=O) groups is 1. The normalized spacial score (nSPS) is 14.9. The largest absolute Gasteiger partial charge is 0.460 e. The molecule has 3 aromatic carbocycles. The highest BCUT2D eigenvalue weighted by Gasteiger charge is 2.30. The van der Waals surface area contributed by atoms with Crippen molar-refractivity contribution in [2.45, 2.75) is 44.9 Å². The van der Waals surface area contributed by atoms with Gasteiger partial charge in [-0.1, -0.05) is 91.0 Å². The molecule has 0 spiro atoms. The Morgan fingerprint density at radius 3 is 1.79 bits per heavy atom. The molecule has 1 fully saturated rings. The Labute approximate surface area is 195 Å². The third-order valence-corrected chi connectivity index (χ3v) is 5.76. The van der Waals surface area contributed by atoms with E-state index in [4.69, 9.17) is 14.2 Å². The maximum atomic E-state index is 13.4. The molecule has 172 valence electrons. The standard InChI is InChI=1S/C28H31NO4/c30-28(33-22-25-14-8-3-9-15-25)26(16-17-27-31-18-19-32-27)29(20-23-10-4-1-5-11-23)21-24-12-6-2-7-13-24/h1-15,26-27H,16-22H2/t26-/m0/s1. The van der Waals surface area contributed by atoms with Gasteiger partial charge in [0.15, 0.2) is 6.29 Å². The van der Waals surface area contributed by atoms with Gasteiger partial charge in [-0.15, -0.1) is 0 Å². The van der Waals surface area contributed by atoms with Gasteiger partial charge < -0.3 is 14.2 Å². The molecule has 33 heavy (non-hydrogen) atoms. The van der Waals surface area contributed by atoms with Gasteiger partial charge in [0.1, 0.15) is 12.6 Å². The highest BCUT2D eigenvalue weighted by Crippen LogP contribution is 2.21. The van der Waals surface area contributed by atoms with Crippen LogP contribution < -0.4 is 0 Å². The molecule has 1 saturated heterocycles. The molecule has 1 aliphatic rings. The first-order valence-electron chi connectivity index (χ1n) is 11.5. The molecule has 0 aromatic heterocycles. The van der Waals surface area contributed by atoms with Gasteiger partial charge in [-0.3, -0.25) is 9.69 Å². The minimum atomic E-state index is -0.415. The van der Waals surface area contributed by atoms with E-state index in [0.717, 1.165) is 16.7 Å². The molecule has 1 atom stereocenters. The zero-order valence-corrected chi connectivity index (χ0v) is 18.8. The van der Waals surface area contributed by atoms with Crippen LogP contribution in [0.3, 0.4) is 0 Å². The molecular formula is C28H31NO4. The number of hydrogen-bond acceptors (Lipinski definition) is 5. The molecule has 0 saturated carbocycles. The van der Waals surface area contributed by atoms with Crippen LogP contribution in [0.4, 0.5) is 0 Å². The molecule has 5 heteroatoms. The predicted octanol–water partition coefficient (Wildman–Crippen LogP) is 4.95. The molecule has 1 heterocycles. The molecule has 1 aliphatic heterocycles. The van der Waals surface area contributed by atoms with Crippen LogP contribution in [-0.4, -0.2) is 36.4 Å². The fourth-order valence-electron chi connectivity index (χ4n) is 4.05. The maximum Gasteiger partial charge on any atom is 0.323 e. The third kappa shape index (κ3) is 7.26.